The molecular formula is C8H8O9PbU. The van der Waals surface area contributed by atoms with Crippen molar-refractivity contribution in [1.29, 1.82) is 0 Å². The summed E-state index contributed by atoms with van der Waals surface area (Å²) in [6.45, 7) is -1.03. The van der Waals surface area contributed by atoms with Crippen LogP contribution in [0.2, 0.25) is 0 Å². The molecule has 0 fully saturated rings. The molecule has 0 saturated heterocycles. The predicted molar refractivity (Wildman–Crippen MR) is 48.5 cm³/mol. The Morgan fingerprint density at radius 1 is 1.11 bits per heavy atom. The molecule has 1 unspecified atom stereocenters. The number of aliphatic hydroxyl groups is 1. The maximum Gasteiger partial charge on any atom is 2.00 e. The molecule has 0 spiro atoms. The summed E-state index contributed by atoms with van der Waals surface area (Å²) in [7, 11) is 0. The van der Waals surface area contributed by atoms with E-state index < -0.39 is 48.9 Å². The van der Waals surface area contributed by atoms with Crippen LogP contribution < -0.4 is 10.2 Å². The average Bonchev–Trinajstić information content (AvgIpc) is 2.12. The van der Waals surface area contributed by atoms with E-state index >= 15 is 0 Å². The molecule has 0 aliphatic heterocycles. The Morgan fingerprint density at radius 3 is 1.89 bits per heavy atom. The first-order valence-corrected chi connectivity index (χ1v) is 4.18. The van der Waals surface area contributed by atoms with Gasteiger partial charge in [0.15, 0.2) is 6.61 Å². The molecule has 2 radical (unpaired) electrons. The fraction of sp³-hybridized carbons (Fsp3) is 0.500. The van der Waals surface area contributed by atoms with Gasteiger partial charge < -0.3 is 34.8 Å². The quantitative estimate of drug-likeness (QED) is 0.197. The molecule has 102 valence electrons. The molecule has 0 aliphatic rings. The zero-order chi connectivity index (χ0) is 13.6. The van der Waals surface area contributed by atoms with Gasteiger partial charge in [0.1, 0.15) is 5.60 Å². The summed E-state index contributed by atoms with van der Waals surface area (Å²) in [5.74, 6) is -6.99. The summed E-state index contributed by atoms with van der Waals surface area (Å²) >= 11 is 0. The molecule has 0 aromatic carbocycles. The molecule has 0 amide bonds. The van der Waals surface area contributed by atoms with Gasteiger partial charge in [-0.2, -0.15) is 0 Å². The zero-order valence-corrected chi connectivity index (χ0v) is 17.4. The van der Waals surface area contributed by atoms with Crippen molar-refractivity contribution in [2.75, 3.05) is 6.61 Å². The summed E-state index contributed by atoms with van der Waals surface area (Å²) in [4.78, 5) is 41.5. The van der Waals surface area contributed by atoms with Crippen molar-refractivity contribution in [3.63, 3.8) is 0 Å². The van der Waals surface area contributed by atoms with Gasteiger partial charge in [0.25, 0.3) is 0 Å². The molecule has 0 aliphatic carbocycles. The zero-order valence-electron chi connectivity index (χ0n) is 9.37. The fourth-order valence-corrected chi connectivity index (χ4v) is 0.878. The SMILES string of the molecule is O=C([O-])CC(O)(CC(=O)OCC(=O)O)C(=O)[O-].[Pb+2].[U]. The van der Waals surface area contributed by atoms with Crippen LogP contribution in [-0.2, 0) is 23.9 Å². The van der Waals surface area contributed by atoms with E-state index in [0.717, 1.165) is 0 Å². The van der Waals surface area contributed by atoms with Crippen LogP contribution in [0, 0.1) is 31.1 Å². The van der Waals surface area contributed by atoms with E-state index in [1.54, 1.807) is 0 Å². The third-order valence-corrected chi connectivity index (χ3v) is 1.61. The monoisotopic (exact) mass is 694 g/mol. The minimum Gasteiger partial charge on any atom is -0.550 e. The number of carboxylic acid groups (broad SMARTS) is 3. The number of carbonyl (C=O) groups is 4. The van der Waals surface area contributed by atoms with Crippen LogP contribution in [0.15, 0.2) is 0 Å². The van der Waals surface area contributed by atoms with Crippen molar-refractivity contribution < 1.29 is 75.5 Å². The number of esters is 1. The van der Waals surface area contributed by atoms with E-state index in [4.69, 9.17) is 5.11 Å². The molecule has 0 bridgehead atoms. The topological polar surface area (TPSA) is 164 Å². The number of hydrogen-bond donors (Lipinski definition) is 2. The average molecular weight is 693 g/mol. The van der Waals surface area contributed by atoms with Crippen molar-refractivity contribution in [3.8, 4) is 0 Å². The van der Waals surface area contributed by atoms with Gasteiger partial charge in [0.2, 0.25) is 0 Å². The van der Waals surface area contributed by atoms with Crippen LogP contribution in [0.5, 0.6) is 0 Å². The normalized spacial score (nSPS) is 12.1. The van der Waals surface area contributed by atoms with Crippen molar-refractivity contribution in [3.05, 3.63) is 0 Å². The van der Waals surface area contributed by atoms with Crippen LogP contribution in [0.1, 0.15) is 12.8 Å². The molecule has 1 atom stereocenters. The number of aliphatic carboxylic acids is 3. The van der Waals surface area contributed by atoms with Gasteiger partial charge in [-0.3, -0.25) is 4.79 Å². The van der Waals surface area contributed by atoms with Crippen LogP contribution in [0.4, 0.5) is 0 Å². The summed E-state index contributed by atoms with van der Waals surface area (Å²) in [6, 6.07) is 0. The third kappa shape index (κ3) is 10.3. The molecule has 0 aromatic heterocycles. The Morgan fingerprint density at radius 2 is 1.58 bits per heavy atom. The fourth-order valence-electron chi connectivity index (χ4n) is 0.878. The first kappa shape index (κ1) is 23.9. The Kier molecular flexibility index (Phi) is 13.3. The Balaban J connectivity index is -0.00000128. The van der Waals surface area contributed by atoms with Gasteiger partial charge in [-0.25, -0.2) is 4.79 Å². The number of carboxylic acids is 3. The van der Waals surface area contributed by atoms with Crippen molar-refractivity contribution >= 4 is 51.2 Å². The Hall–Kier alpha value is -0.186. The Bertz CT molecular complexity index is 358. The van der Waals surface area contributed by atoms with Crippen LogP contribution >= 0.6 is 0 Å². The first-order chi connectivity index (χ1) is 7.67. The van der Waals surface area contributed by atoms with Crippen LogP contribution in [-0.4, -0.2) is 73.6 Å². The number of ether oxygens (including phenoxy) is 1. The molecule has 19 heavy (non-hydrogen) atoms. The van der Waals surface area contributed by atoms with Gasteiger partial charge in [-0.1, -0.05) is 0 Å². The maximum absolute atomic E-state index is 10.9. The largest absolute Gasteiger partial charge is 2.00 e. The molecule has 0 rings (SSSR count). The van der Waals surface area contributed by atoms with E-state index in [1.165, 1.54) is 0 Å². The minimum atomic E-state index is -2.99. The molecular weight excluding hydrogens is 685 g/mol. The summed E-state index contributed by atoms with van der Waals surface area (Å²) in [6.07, 6.45) is -2.63. The van der Waals surface area contributed by atoms with Crippen LogP contribution in [0.25, 0.3) is 0 Å². The number of hydrogen-bond acceptors (Lipinski definition) is 8. The second-order valence-corrected chi connectivity index (χ2v) is 3.10. The standard InChI is InChI=1S/C8H10O9.Pb.U/c9-4(10)1-8(16,7(14)15)2-6(13)17-3-5(11)12;;/h16H,1-3H2,(H,9,10)(H,11,12)(H,14,15);;/q;+2;/p-2. The molecule has 0 aromatic rings. The van der Waals surface area contributed by atoms with Gasteiger partial charge in [0, 0.05) is 43.5 Å². The summed E-state index contributed by atoms with van der Waals surface area (Å²) < 4.78 is 4.03. The Labute approximate surface area is 150 Å². The third-order valence-electron chi connectivity index (χ3n) is 1.61. The van der Waals surface area contributed by atoms with E-state index in [-0.39, 0.29) is 58.4 Å². The molecule has 2 N–H and O–H groups in total. The molecule has 0 heterocycles. The second-order valence-electron chi connectivity index (χ2n) is 3.10. The number of carbonyl (C=O) groups excluding carboxylic acids is 3. The van der Waals surface area contributed by atoms with Crippen molar-refractivity contribution in [2.24, 2.45) is 0 Å². The summed E-state index contributed by atoms with van der Waals surface area (Å²) in [5.41, 5.74) is -2.99. The number of rotatable bonds is 7. The van der Waals surface area contributed by atoms with E-state index in [1.807, 2.05) is 0 Å². The molecule has 11 heteroatoms. The van der Waals surface area contributed by atoms with Crippen molar-refractivity contribution in [1.82, 2.24) is 0 Å². The van der Waals surface area contributed by atoms with Crippen LogP contribution in [0.3, 0.4) is 0 Å². The van der Waals surface area contributed by atoms with Crippen molar-refractivity contribution in [2.45, 2.75) is 18.4 Å². The van der Waals surface area contributed by atoms with E-state index in [0.29, 0.717) is 0 Å². The molecule has 0 saturated carbocycles. The summed E-state index contributed by atoms with van der Waals surface area (Å²) in [5, 5.41) is 38.0. The second kappa shape index (κ2) is 10.6. The predicted octanol–water partition coefficient (Wildman–Crippen LogP) is -4.76. The maximum atomic E-state index is 10.9. The van der Waals surface area contributed by atoms with Gasteiger partial charge >= 0.3 is 39.2 Å². The minimum absolute atomic E-state index is 0. The van der Waals surface area contributed by atoms with E-state index in [9.17, 15) is 34.5 Å². The van der Waals surface area contributed by atoms with E-state index in [2.05, 4.69) is 4.74 Å². The van der Waals surface area contributed by atoms with Gasteiger partial charge in [-0.15, -0.1) is 0 Å². The first-order valence-electron chi connectivity index (χ1n) is 4.18. The van der Waals surface area contributed by atoms with Gasteiger partial charge in [-0.05, 0) is 0 Å². The molecule has 9 nitrogen and oxygen atoms in total. The van der Waals surface area contributed by atoms with Gasteiger partial charge in [0.05, 0.1) is 12.4 Å². The smallest absolute Gasteiger partial charge is 0.550 e.